The van der Waals surface area contributed by atoms with Gasteiger partial charge in [0.1, 0.15) is 0 Å². The first-order valence-electron chi connectivity index (χ1n) is 17.8. The molecule has 1 aliphatic rings. The van der Waals surface area contributed by atoms with Crippen LogP contribution >= 0.6 is 79.6 Å². The van der Waals surface area contributed by atoms with Crippen LogP contribution in [0.5, 0.6) is 0 Å². The highest BCUT2D eigenvalue weighted by Crippen LogP contribution is 2.56. The minimum absolute atomic E-state index is 0.0302. The lowest BCUT2D eigenvalue weighted by molar-refractivity contribution is 0.103. The summed E-state index contributed by atoms with van der Waals surface area (Å²) in [4.78, 5) is 12.1. The highest BCUT2D eigenvalue weighted by molar-refractivity contribution is 9.11. The zero-order chi connectivity index (χ0) is 39.1. The first kappa shape index (κ1) is 40.0. The van der Waals surface area contributed by atoms with E-state index in [1.54, 1.807) is 0 Å². The Morgan fingerprint density at radius 2 is 0.750 bits per heavy atom. The first-order valence-corrected chi connectivity index (χ1v) is 21.8. The molecule has 0 aromatic heterocycles. The highest BCUT2D eigenvalue weighted by atomic mass is 79.9. The van der Waals surface area contributed by atoms with Gasteiger partial charge in [0, 0.05) is 33.5 Å². The monoisotopic (exact) mass is 1040 g/mol. The van der Waals surface area contributed by atoms with Gasteiger partial charge in [-0.05, 0) is 99.1 Å². The van der Waals surface area contributed by atoms with Gasteiger partial charge in [-0.2, -0.15) is 0 Å². The first-order chi connectivity index (χ1) is 27.3. The second-order valence-electron chi connectivity index (χ2n) is 13.1. The third-order valence-electron chi connectivity index (χ3n) is 9.60. The van der Waals surface area contributed by atoms with E-state index in [0.717, 1.165) is 22.4 Å². The van der Waals surface area contributed by atoms with E-state index in [2.05, 4.69) is 213 Å². The van der Waals surface area contributed by atoms with Crippen molar-refractivity contribution in [1.82, 2.24) is 0 Å². The van der Waals surface area contributed by atoms with Crippen LogP contribution in [0.4, 0.5) is 0 Å². The Morgan fingerprint density at radius 1 is 0.357 bits per heavy atom. The maximum absolute atomic E-state index is 12.1. The molecule has 8 aromatic rings. The van der Waals surface area contributed by atoms with Gasteiger partial charge in [-0.3, -0.25) is 4.79 Å². The van der Waals surface area contributed by atoms with Gasteiger partial charge >= 0.3 is 0 Å². The fourth-order valence-electron chi connectivity index (χ4n) is 7.21. The smallest absolute Gasteiger partial charge is 0.193 e. The van der Waals surface area contributed by atoms with Crippen LogP contribution < -0.4 is 0 Å². The molecular weight excluding hydrogens is 1020 g/mol. The Morgan fingerprint density at radius 3 is 1.20 bits per heavy atom. The largest absolute Gasteiger partial charge is 0.289 e. The van der Waals surface area contributed by atoms with Crippen LogP contribution in [-0.4, -0.2) is 5.78 Å². The van der Waals surface area contributed by atoms with Gasteiger partial charge < -0.3 is 0 Å². The predicted molar refractivity (Wildman–Crippen MR) is 250 cm³/mol. The molecule has 0 unspecified atom stereocenters. The molecule has 0 saturated heterocycles. The summed E-state index contributed by atoms with van der Waals surface area (Å²) in [6.07, 6.45) is 0. The molecule has 8 aromatic carbocycles. The van der Waals surface area contributed by atoms with E-state index in [0.29, 0.717) is 11.1 Å². The second-order valence-corrected chi connectivity index (χ2v) is 17.6. The van der Waals surface area contributed by atoms with E-state index in [-0.39, 0.29) is 11.2 Å². The van der Waals surface area contributed by atoms with Crippen LogP contribution in [0.1, 0.15) is 38.2 Å². The normalized spacial score (nSPS) is 11.9. The van der Waals surface area contributed by atoms with E-state index in [4.69, 9.17) is 0 Å². The SMILES string of the molecule is Brc1cccc(C2(c3cccc(Br)c3)c3ccccc3-c3ccccc32)c1.Brc1ccccc1-c1ccccc1.O=C(c1cccc(Br)c1)c1cccc(Br)c1. The fourth-order valence-corrected chi connectivity index (χ4v) is 9.32. The van der Waals surface area contributed by atoms with Crippen molar-refractivity contribution in [2.45, 2.75) is 5.41 Å². The van der Waals surface area contributed by atoms with Crippen molar-refractivity contribution in [3.8, 4) is 22.3 Å². The molecule has 6 heteroatoms. The van der Waals surface area contributed by atoms with Gasteiger partial charge in [-0.1, -0.05) is 225 Å². The lowest BCUT2D eigenvalue weighted by Gasteiger charge is -2.34. The summed E-state index contributed by atoms with van der Waals surface area (Å²) in [5.41, 5.74) is 11.4. The van der Waals surface area contributed by atoms with Crippen molar-refractivity contribution in [3.05, 3.63) is 256 Å². The number of benzene rings is 8. The molecule has 0 saturated carbocycles. The number of rotatable bonds is 5. The molecule has 0 aliphatic heterocycles. The van der Waals surface area contributed by atoms with Crippen LogP contribution in [0.2, 0.25) is 0 Å². The Labute approximate surface area is 370 Å². The highest BCUT2D eigenvalue weighted by Gasteiger charge is 2.45. The Kier molecular flexibility index (Phi) is 13.2. The zero-order valence-corrected chi connectivity index (χ0v) is 37.8. The Bertz CT molecular complexity index is 2490. The number of fused-ring (bicyclic) bond motifs is 3. The summed E-state index contributed by atoms with van der Waals surface area (Å²) in [5, 5.41) is 0. The molecule has 9 rings (SSSR count). The predicted octanol–water partition coefficient (Wildman–Crippen LogP) is 16.1. The molecule has 1 nitrogen and oxygen atoms in total. The van der Waals surface area contributed by atoms with Crippen LogP contribution in [0.15, 0.2) is 223 Å². The molecule has 0 bridgehead atoms. The Balaban J connectivity index is 0.000000141. The number of hydrogen-bond acceptors (Lipinski definition) is 1. The molecular formula is C50H33Br5O. The second kappa shape index (κ2) is 18.4. The van der Waals surface area contributed by atoms with E-state index >= 15 is 0 Å². The van der Waals surface area contributed by atoms with Gasteiger partial charge in [0.05, 0.1) is 5.41 Å². The van der Waals surface area contributed by atoms with Crippen LogP contribution in [0, 0.1) is 0 Å². The number of carbonyl (C=O) groups excluding carboxylic acids is 1. The average Bonchev–Trinajstić information content (AvgIpc) is 3.53. The molecule has 0 N–H and O–H groups in total. The summed E-state index contributed by atoms with van der Waals surface area (Å²) in [7, 11) is 0. The number of ketones is 1. The van der Waals surface area contributed by atoms with Gasteiger partial charge in [-0.15, -0.1) is 0 Å². The third-order valence-corrected chi connectivity index (χ3v) is 12.3. The fraction of sp³-hybridized carbons (Fsp3) is 0.0200. The minimum Gasteiger partial charge on any atom is -0.289 e. The quantitative estimate of drug-likeness (QED) is 0.157. The molecule has 56 heavy (non-hydrogen) atoms. The number of hydrogen-bond donors (Lipinski definition) is 0. The van der Waals surface area contributed by atoms with E-state index < -0.39 is 0 Å². The van der Waals surface area contributed by atoms with Crippen molar-refractivity contribution in [1.29, 1.82) is 0 Å². The van der Waals surface area contributed by atoms with Crippen LogP contribution in [0.25, 0.3) is 22.3 Å². The molecule has 0 heterocycles. The maximum atomic E-state index is 12.1. The molecule has 0 spiro atoms. The Hall–Kier alpha value is -4.17. The van der Waals surface area contributed by atoms with E-state index in [1.807, 2.05) is 66.7 Å². The van der Waals surface area contributed by atoms with Crippen molar-refractivity contribution in [3.63, 3.8) is 0 Å². The standard InChI is InChI=1S/C25H16Br2.C13H8Br2O.C12H9Br/c26-19-9-5-7-17(15-19)25(18-8-6-10-20(27)16-18)23-13-3-1-11-21(23)22-12-2-4-14-24(22)25;14-11-5-1-3-9(7-11)13(16)10-4-2-6-12(15)8-10;13-12-9-5-4-8-11(12)10-6-2-1-3-7-10/h1-16H;1-8H;1-9H. The molecule has 0 fully saturated rings. The van der Waals surface area contributed by atoms with E-state index in [1.165, 1.54) is 44.5 Å². The summed E-state index contributed by atoms with van der Waals surface area (Å²) in [6, 6.07) is 68.4. The zero-order valence-electron chi connectivity index (χ0n) is 29.9. The van der Waals surface area contributed by atoms with Crippen molar-refractivity contribution in [2.24, 2.45) is 0 Å². The van der Waals surface area contributed by atoms with Crippen molar-refractivity contribution in [2.75, 3.05) is 0 Å². The summed E-state index contributed by atoms with van der Waals surface area (Å²) < 4.78 is 5.15. The molecule has 0 radical (unpaired) electrons. The lowest BCUT2D eigenvalue weighted by Crippen LogP contribution is -2.28. The topological polar surface area (TPSA) is 17.1 Å². The minimum atomic E-state index is -0.333. The molecule has 1 aliphatic carbocycles. The van der Waals surface area contributed by atoms with Gasteiger partial charge in [0.2, 0.25) is 0 Å². The maximum Gasteiger partial charge on any atom is 0.193 e. The summed E-state index contributed by atoms with van der Waals surface area (Å²) in [6.45, 7) is 0. The average molecular weight is 1050 g/mol. The summed E-state index contributed by atoms with van der Waals surface area (Å²) in [5.74, 6) is 0.0302. The van der Waals surface area contributed by atoms with Gasteiger partial charge in [0.15, 0.2) is 5.78 Å². The van der Waals surface area contributed by atoms with Gasteiger partial charge in [-0.25, -0.2) is 0 Å². The summed E-state index contributed by atoms with van der Waals surface area (Å²) >= 11 is 17.6. The number of carbonyl (C=O) groups is 1. The van der Waals surface area contributed by atoms with Crippen LogP contribution in [0.3, 0.4) is 0 Å². The molecule has 274 valence electrons. The van der Waals surface area contributed by atoms with Crippen molar-refractivity contribution >= 4 is 85.4 Å². The lowest BCUT2D eigenvalue weighted by atomic mass is 9.68. The molecule has 0 amide bonds. The molecule has 0 atom stereocenters. The van der Waals surface area contributed by atoms with E-state index in [9.17, 15) is 4.79 Å². The van der Waals surface area contributed by atoms with Gasteiger partial charge in [0.25, 0.3) is 0 Å². The van der Waals surface area contributed by atoms with Crippen LogP contribution in [-0.2, 0) is 5.41 Å². The number of halogens is 5. The third kappa shape index (κ3) is 8.70. The van der Waals surface area contributed by atoms with Crippen molar-refractivity contribution < 1.29 is 4.79 Å².